The minimum Gasteiger partial charge on any atom is -0.479 e. The molecule has 5 nitrogen and oxygen atoms in total. The number of carbonyl (C=O) groups is 1. The first kappa shape index (κ1) is 15.7. The molecule has 0 saturated heterocycles. The van der Waals surface area contributed by atoms with E-state index >= 15 is 0 Å². The number of benzene rings is 2. The number of nitriles is 1. The summed E-state index contributed by atoms with van der Waals surface area (Å²) in [5.41, 5.74) is 1.54. The Morgan fingerprint density at radius 2 is 2.00 bits per heavy atom. The first-order valence-electron chi connectivity index (χ1n) is 6.56. The predicted molar refractivity (Wildman–Crippen MR) is 84.9 cm³/mol. The fourth-order valence-corrected chi connectivity index (χ4v) is 1.87. The van der Waals surface area contributed by atoms with Crippen molar-refractivity contribution in [2.24, 2.45) is 0 Å². The van der Waals surface area contributed by atoms with Crippen LogP contribution < -0.4 is 15.4 Å². The zero-order valence-corrected chi connectivity index (χ0v) is 12.4. The molecule has 0 aliphatic rings. The summed E-state index contributed by atoms with van der Waals surface area (Å²) in [6, 6.07) is 15.6. The van der Waals surface area contributed by atoms with Crippen molar-refractivity contribution in [1.82, 2.24) is 5.32 Å². The Bertz CT molecular complexity index is 681. The third-order valence-electron chi connectivity index (χ3n) is 2.76. The van der Waals surface area contributed by atoms with Crippen LogP contribution in [0.3, 0.4) is 0 Å². The minimum absolute atomic E-state index is 0.0355. The van der Waals surface area contributed by atoms with Crippen LogP contribution in [-0.4, -0.2) is 12.6 Å². The van der Waals surface area contributed by atoms with Gasteiger partial charge in [-0.15, -0.1) is 0 Å². The molecule has 2 rings (SSSR count). The van der Waals surface area contributed by atoms with Crippen molar-refractivity contribution < 1.29 is 9.53 Å². The fraction of sp³-hybridized carbons (Fsp3) is 0.125. The molecule has 0 atom stereocenters. The molecule has 6 heteroatoms. The number of halogens is 1. The van der Waals surface area contributed by atoms with Gasteiger partial charge in [-0.1, -0.05) is 29.8 Å². The van der Waals surface area contributed by atoms with Gasteiger partial charge in [-0.05, 0) is 29.8 Å². The number of rotatable bonds is 5. The lowest BCUT2D eigenvalue weighted by atomic mass is 10.2. The van der Waals surface area contributed by atoms with Crippen LogP contribution >= 0.6 is 11.6 Å². The van der Waals surface area contributed by atoms with Gasteiger partial charge in [0.15, 0.2) is 6.61 Å². The van der Waals surface area contributed by atoms with Crippen LogP contribution in [0.2, 0.25) is 5.02 Å². The molecule has 2 aromatic rings. The van der Waals surface area contributed by atoms with Gasteiger partial charge in [0.1, 0.15) is 11.8 Å². The first-order valence-corrected chi connectivity index (χ1v) is 6.94. The summed E-state index contributed by atoms with van der Waals surface area (Å²) in [5.74, 6) is 0.525. The number of hydrogen-bond acceptors (Lipinski definition) is 3. The lowest BCUT2D eigenvalue weighted by molar-refractivity contribution is 0.251. The zero-order valence-electron chi connectivity index (χ0n) is 11.7. The number of urea groups is 1. The molecule has 22 heavy (non-hydrogen) atoms. The number of nitrogens with zero attached hydrogens (tertiary/aromatic N) is 1. The summed E-state index contributed by atoms with van der Waals surface area (Å²) in [7, 11) is 0. The van der Waals surface area contributed by atoms with Crippen molar-refractivity contribution >= 4 is 23.3 Å². The summed E-state index contributed by atoms with van der Waals surface area (Å²) < 4.78 is 5.17. The summed E-state index contributed by atoms with van der Waals surface area (Å²) in [6.45, 7) is 0.361. The first-order chi connectivity index (χ1) is 10.7. The van der Waals surface area contributed by atoms with Gasteiger partial charge in [-0.25, -0.2) is 4.79 Å². The van der Waals surface area contributed by atoms with E-state index < -0.39 is 0 Å². The van der Waals surface area contributed by atoms with Gasteiger partial charge < -0.3 is 15.4 Å². The van der Waals surface area contributed by atoms with E-state index in [-0.39, 0.29) is 12.6 Å². The second-order valence-electron chi connectivity index (χ2n) is 4.41. The molecule has 112 valence electrons. The highest BCUT2D eigenvalue weighted by atomic mass is 35.5. The molecule has 0 saturated carbocycles. The van der Waals surface area contributed by atoms with Gasteiger partial charge in [0.05, 0.1) is 0 Å². The second kappa shape index (κ2) is 7.91. The van der Waals surface area contributed by atoms with Crippen molar-refractivity contribution in [3.8, 4) is 11.8 Å². The molecule has 0 heterocycles. The average Bonchev–Trinajstić information content (AvgIpc) is 2.53. The standard InChI is InChI=1S/C16H14ClN3O2/c17-13-6-4-12(5-7-13)11-19-16(21)20-14-2-1-3-15(10-14)22-9-8-18/h1-7,10H,9,11H2,(H2,19,20,21). The van der Waals surface area contributed by atoms with Gasteiger partial charge in [0.25, 0.3) is 0 Å². The number of amides is 2. The van der Waals surface area contributed by atoms with Gasteiger partial charge >= 0.3 is 6.03 Å². The molecule has 0 spiro atoms. The molecule has 2 aromatic carbocycles. The van der Waals surface area contributed by atoms with Crippen molar-refractivity contribution in [3.05, 3.63) is 59.1 Å². The summed E-state index contributed by atoms with van der Waals surface area (Å²) >= 11 is 5.80. The fourth-order valence-electron chi connectivity index (χ4n) is 1.74. The molecular weight excluding hydrogens is 302 g/mol. The van der Waals surface area contributed by atoms with Gasteiger partial charge in [0.2, 0.25) is 0 Å². The van der Waals surface area contributed by atoms with Crippen molar-refractivity contribution in [2.75, 3.05) is 11.9 Å². The van der Waals surface area contributed by atoms with Crippen LogP contribution in [0, 0.1) is 11.3 Å². The second-order valence-corrected chi connectivity index (χ2v) is 4.85. The van der Waals surface area contributed by atoms with Gasteiger partial charge in [0, 0.05) is 23.3 Å². The smallest absolute Gasteiger partial charge is 0.319 e. The third kappa shape index (κ3) is 5.00. The molecule has 0 aromatic heterocycles. The number of nitrogens with one attached hydrogen (secondary N) is 2. The average molecular weight is 316 g/mol. The van der Waals surface area contributed by atoms with E-state index in [4.69, 9.17) is 21.6 Å². The van der Waals surface area contributed by atoms with Gasteiger partial charge in [-0.3, -0.25) is 0 Å². The Morgan fingerprint density at radius 1 is 1.23 bits per heavy atom. The quantitative estimate of drug-likeness (QED) is 0.886. The van der Waals surface area contributed by atoms with Crippen LogP contribution in [0.4, 0.5) is 10.5 Å². The summed E-state index contributed by atoms with van der Waals surface area (Å²) in [4.78, 5) is 11.8. The maximum Gasteiger partial charge on any atom is 0.319 e. The van der Waals surface area contributed by atoms with E-state index in [0.29, 0.717) is 23.0 Å². The largest absolute Gasteiger partial charge is 0.479 e. The SMILES string of the molecule is N#CCOc1cccc(NC(=O)NCc2ccc(Cl)cc2)c1. The third-order valence-corrected chi connectivity index (χ3v) is 3.01. The van der Waals surface area contributed by atoms with Crippen LogP contribution in [0.25, 0.3) is 0 Å². The Balaban J connectivity index is 1.86. The topological polar surface area (TPSA) is 74.1 Å². The molecule has 0 radical (unpaired) electrons. The number of anilines is 1. The highest BCUT2D eigenvalue weighted by molar-refractivity contribution is 6.30. The molecule has 2 N–H and O–H groups in total. The van der Waals surface area contributed by atoms with Crippen molar-refractivity contribution in [2.45, 2.75) is 6.54 Å². The maximum absolute atomic E-state index is 11.8. The van der Waals surface area contributed by atoms with Crippen LogP contribution in [0.5, 0.6) is 5.75 Å². The minimum atomic E-state index is -0.326. The Kier molecular flexibility index (Phi) is 5.64. The monoisotopic (exact) mass is 315 g/mol. The van der Waals surface area contributed by atoms with E-state index in [0.717, 1.165) is 5.56 Å². The van der Waals surface area contributed by atoms with E-state index in [1.165, 1.54) is 0 Å². The van der Waals surface area contributed by atoms with E-state index in [1.807, 2.05) is 18.2 Å². The van der Waals surface area contributed by atoms with Crippen LogP contribution in [0.15, 0.2) is 48.5 Å². The van der Waals surface area contributed by atoms with Crippen LogP contribution in [0.1, 0.15) is 5.56 Å². The van der Waals surface area contributed by atoms with Crippen LogP contribution in [-0.2, 0) is 6.54 Å². The van der Waals surface area contributed by atoms with E-state index in [1.54, 1.807) is 36.4 Å². The summed E-state index contributed by atoms with van der Waals surface area (Å²) in [6.07, 6.45) is 0. The van der Waals surface area contributed by atoms with Gasteiger partial charge in [-0.2, -0.15) is 5.26 Å². The van der Waals surface area contributed by atoms with E-state index in [2.05, 4.69) is 10.6 Å². The highest BCUT2D eigenvalue weighted by Crippen LogP contribution is 2.17. The Labute approximate surface area is 133 Å². The Morgan fingerprint density at radius 3 is 2.73 bits per heavy atom. The predicted octanol–water partition coefficient (Wildman–Crippen LogP) is 3.56. The number of carbonyl (C=O) groups excluding carboxylic acids is 1. The zero-order chi connectivity index (χ0) is 15.8. The molecular formula is C16H14ClN3O2. The van der Waals surface area contributed by atoms with Crippen molar-refractivity contribution in [1.29, 1.82) is 5.26 Å². The maximum atomic E-state index is 11.8. The lowest BCUT2D eigenvalue weighted by Crippen LogP contribution is -2.28. The molecule has 0 aliphatic carbocycles. The van der Waals surface area contributed by atoms with Crippen molar-refractivity contribution in [3.63, 3.8) is 0 Å². The molecule has 0 fully saturated rings. The normalized spacial score (nSPS) is 9.64. The molecule has 0 aliphatic heterocycles. The summed E-state index contributed by atoms with van der Waals surface area (Å²) in [5, 5.41) is 14.6. The lowest BCUT2D eigenvalue weighted by Gasteiger charge is -2.09. The highest BCUT2D eigenvalue weighted by Gasteiger charge is 2.03. The number of hydrogen-bond donors (Lipinski definition) is 2. The Hall–Kier alpha value is -2.71. The molecule has 0 bridgehead atoms. The number of ether oxygens (including phenoxy) is 1. The molecule has 2 amide bonds. The molecule has 0 unspecified atom stereocenters. The van der Waals surface area contributed by atoms with E-state index in [9.17, 15) is 4.79 Å².